The number of hydrogen-bond acceptors (Lipinski definition) is 2. The highest BCUT2D eigenvalue weighted by molar-refractivity contribution is 5.93. The van der Waals surface area contributed by atoms with Crippen molar-refractivity contribution in [3.63, 3.8) is 0 Å². The van der Waals surface area contributed by atoms with E-state index in [1.54, 1.807) is 31.3 Å². The lowest BCUT2D eigenvalue weighted by atomic mass is 10.1. The molecule has 23 heavy (non-hydrogen) atoms. The van der Waals surface area contributed by atoms with E-state index in [-0.39, 0.29) is 12.5 Å². The van der Waals surface area contributed by atoms with Crippen LogP contribution in [-0.4, -0.2) is 38.2 Å². The molecule has 0 saturated heterocycles. The van der Waals surface area contributed by atoms with E-state index in [1.165, 1.54) is 0 Å². The van der Waals surface area contributed by atoms with Gasteiger partial charge in [0.05, 0.1) is 13.0 Å². The summed E-state index contributed by atoms with van der Waals surface area (Å²) in [6, 6.07) is 6.86. The highest BCUT2D eigenvalue weighted by Crippen LogP contribution is 2.18. The quantitative estimate of drug-likeness (QED) is 0.552. The predicted molar refractivity (Wildman–Crippen MR) is 83.3 cm³/mol. The van der Waals surface area contributed by atoms with Gasteiger partial charge < -0.3 is 16.0 Å². The van der Waals surface area contributed by atoms with Crippen LogP contribution in [0.3, 0.4) is 0 Å². The van der Waals surface area contributed by atoms with Crippen LogP contribution < -0.4 is 16.0 Å². The van der Waals surface area contributed by atoms with Crippen LogP contribution >= 0.6 is 0 Å². The molecule has 1 aromatic carbocycles. The number of halogens is 3. The van der Waals surface area contributed by atoms with E-state index >= 15 is 0 Å². The van der Waals surface area contributed by atoms with E-state index in [4.69, 9.17) is 0 Å². The summed E-state index contributed by atoms with van der Waals surface area (Å²) in [7, 11) is 1.55. The Bertz CT molecular complexity index is 527. The van der Waals surface area contributed by atoms with Gasteiger partial charge in [0.1, 0.15) is 0 Å². The fourth-order valence-electron chi connectivity index (χ4n) is 1.74. The van der Waals surface area contributed by atoms with Gasteiger partial charge in [-0.2, -0.15) is 13.2 Å². The van der Waals surface area contributed by atoms with Gasteiger partial charge in [-0.3, -0.25) is 4.79 Å². The summed E-state index contributed by atoms with van der Waals surface area (Å²) in [5.41, 5.74) is 1.39. The molecule has 1 aromatic rings. The summed E-state index contributed by atoms with van der Waals surface area (Å²) in [5.74, 6) is 0.148. The lowest BCUT2D eigenvalue weighted by Crippen LogP contribution is -2.38. The number of carbonyl (C=O) groups excluding carboxylic acids is 1. The summed E-state index contributed by atoms with van der Waals surface area (Å²) in [5, 5.41) is 8.05. The number of alkyl halides is 3. The molecule has 0 heterocycles. The number of nitrogens with zero attached hydrogens (tertiary/aromatic N) is 1. The maximum absolute atomic E-state index is 12.1. The van der Waals surface area contributed by atoms with Gasteiger partial charge in [0, 0.05) is 25.7 Å². The number of benzene rings is 1. The molecule has 0 radical (unpaired) electrons. The van der Waals surface area contributed by atoms with Gasteiger partial charge in [-0.15, -0.1) is 0 Å². The van der Waals surface area contributed by atoms with E-state index < -0.39 is 12.6 Å². The molecule has 0 saturated carbocycles. The van der Waals surface area contributed by atoms with Crippen LogP contribution in [0.4, 0.5) is 13.2 Å². The van der Waals surface area contributed by atoms with Crippen LogP contribution in [0, 0.1) is 0 Å². The summed E-state index contributed by atoms with van der Waals surface area (Å²) < 4.78 is 36.4. The molecule has 0 atom stereocenters. The number of carbonyl (C=O) groups is 1. The molecule has 128 valence electrons. The first-order valence-electron chi connectivity index (χ1n) is 7.25. The third-order valence-corrected chi connectivity index (χ3v) is 2.91. The molecule has 0 aliphatic rings. The molecule has 1 amide bonds. The first-order chi connectivity index (χ1) is 10.9. The van der Waals surface area contributed by atoms with Gasteiger partial charge >= 0.3 is 6.18 Å². The molecule has 5 nitrogen and oxygen atoms in total. The summed E-state index contributed by atoms with van der Waals surface area (Å²) in [6.07, 6.45) is -5.11. The zero-order chi connectivity index (χ0) is 17.3. The maximum Gasteiger partial charge on any atom is 0.390 e. The highest BCUT2D eigenvalue weighted by Gasteiger charge is 2.26. The molecule has 1 rings (SSSR count). The van der Waals surface area contributed by atoms with Crippen LogP contribution in [0.15, 0.2) is 29.3 Å². The Morgan fingerprint density at radius 1 is 1.17 bits per heavy atom. The van der Waals surface area contributed by atoms with E-state index in [0.717, 1.165) is 5.56 Å². The molecule has 0 fully saturated rings. The molecular formula is C15H21F3N4O. The van der Waals surface area contributed by atoms with Crippen LogP contribution in [-0.2, 0) is 6.54 Å². The Kier molecular flexibility index (Phi) is 7.37. The minimum absolute atomic E-state index is 0.179. The van der Waals surface area contributed by atoms with E-state index in [2.05, 4.69) is 20.9 Å². The second kappa shape index (κ2) is 9.02. The molecule has 0 unspecified atom stereocenters. The second-order valence-electron chi connectivity index (χ2n) is 4.76. The van der Waals surface area contributed by atoms with Gasteiger partial charge in [-0.1, -0.05) is 12.1 Å². The van der Waals surface area contributed by atoms with Crippen LogP contribution in [0.25, 0.3) is 0 Å². The average molecular weight is 330 g/mol. The molecule has 3 N–H and O–H groups in total. The Hall–Kier alpha value is -2.25. The average Bonchev–Trinajstić information content (AvgIpc) is 2.51. The van der Waals surface area contributed by atoms with Crippen molar-refractivity contribution >= 4 is 11.9 Å². The second-order valence-corrected chi connectivity index (χ2v) is 4.76. The largest absolute Gasteiger partial charge is 0.390 e. The first-order valence-corrected chi connectivity index (χ1v) is 7.25. The minimum atomic E-state index is -4.19. The molecule has 0 spiro atoms. The SMILES string of the molecule is CCNC(=NCc1ccc(C(=O)NC)cc1)NCCC(F)(F)F. The van der Waals surface area contributed by atoms with Gasteiger partial charge in [-0.05, 0) is 24.6 Å². The van der Waals surface area contributed by atoms with E-state index in [0.29, 0.717) is 24.6 Å². The van der Waals surface area contributed by atoms with Crippen molar-refractivity contribution in [2.45, 2.75) is 26.1 Å². The molecule has 0 aromatic heterocycles. The predicted octanol–water partition coefficient (Wildman–Crippen LogP) is 2.05. The molecule has 8 heteroatoms. The zero-order valence-corrected chi connectivity index (χ0v) is 13.1. The zero-order valence-electron chi connectivity index (χ0n) is 13.1. The monoisotopic (exact) mass is 330 g/mol. The third-order valence-electron chi connectivity index (χ3n) is 2.91. The van der Waals surface area contributed by atoms with Crippen molar-refractivity contribution in [2.75, 3.05) is 20.1 Å². The number of rotatable bonds is 6. The smallest absolute Gasteiger partial charge is 0.357 e. The Balaban J connectivity index is 2.60. The molecule has 0 aliphatic heterocycles. The Morgan fingerprint density at radius 3 is 2.35 bits per heavy atom. The van der Waals surface area contributed by atoms with Crippen molar-refractivity contribution < 1.29 is 18.0 Å². The van der Waals surface area contributed by atoms with E-state index in [9.17, 15) is 18.0 Å². The van der Waals surface area contributed by atoms with Gasteiger partial charge in [0.15, 0.2) is 5.96 Å². The van der Waals surface area contributed by atoms with Crippen molar-refractivity contribution in [1.29, 1.82) is 0 Å². The number of guanidine groups is 1. The lowest BCUT2D eigenvalue weighted by molar-refractivity contribution is -0.132. The number of nitrogens with one attached hydrogen (secondary N) is 3. The lowest BCUT2D eigenvalue weighted by Gasteiger charge is -2.12. The van der Waals surface area contributed by atoms with Gasteiger partial charge in [0.25, 0.3) is 5.91 Å². The van der Waals surface area contributed by atoms with Crippen molar-refractivity contribution in [3.05, 3.63) is 35.4 Å². The molecule has 0 aliphatic carbocycles. The van der Waals surface area contributed by atoms with Gasteiger partial charge in [-0.25, -0.2) is 4.99 Å². The molecular weight excluding hydrogens is 309 g/mol. The maximum atomic E-state index is 12.1. The fraction of sp³-hybridized carbons (Fsp3) is 0.467. The van der Waals surface area contributed by atoms with Crippen molar-refractivity contribution in [2.24, 2.45) is 4.99 Å². The van der Waals surface area contributed by atoms with Crippen LogP contribution in [0.1, 0.15) is 29.3 Å². The third kappa shape index (κ3) is 7.53. The topological polar surface area (TPSA) is 65.5 Å². The highest BCUT2D eigenvalue weighted by atomic mass is 19.4. The summed E-state index contributed by atoms with van der Waals surface area (Å²) in [4.78, 5) is 15.6. The normalized spacial score (nSPS) is 12.0. The molecule has 0 bridgehead atoms. The standard InChI is InChI=1S/C15H21F3N4O/c1-3-20-14(21-9-8-15(16,17)18)22-10-11-4-6-12(7-5-11)13(23)19-2/h4-7H,3,8-10H2,1-2H3,(H,19,23)(H2,20,21,22). The van der Waals surface area contributed by atoms with E-state index in [1.807, 2.05) is 6.92 Å². The summed E-state index contributed by atoms with van der Waals surface area (Å²) >= 11 is 0. The Morgan fingerprint density at radius 2 is 1.83 bits per heavy atom. The number of aliphatic imine (C=N–C) groups is 1. The number of amides is 1. The van der Waals surface area contributed by atoms with Crippen molar-refractivity contribution in [3.8, 4) is 0 Å². The minimum Gasteiger partial charge on any atom is -0.357 e. The van der Waals surface area contributed by atoms with Crippen LogP contribution in [0.5, 0.6) is 0 Å². The van der Waals surface area contributed by atoms with Crippen LogP contribution in [0.2, 0.25) is 0 Å². The number of hydrogen-bond donors (Lipinski definition) is 3. The van der Waals surface area contributed by atoms with Gasteiger partial charge in [0.2, 0.25) is 0 Å². The first kappa shape index (κ1) is 18.8. The van der Waals surface area contributed by atoms with Crippen molar-refractivity contribution in [1.82, 2.24) is 16.0 Å². The Labute approximate surface area is 133 Å². The fourth-order valence-corrected chi connectivity index (χ4v) is 1.74. The summed E-state index contributed by atoms with van der Waals surface area (Å²) in [6.45, 7) is 2.45.